The predicted molar refractivity (Wildman–Crippen MR) is 93.0 cm³/mol. The van der Waals surface area contributed by atoms with Crippen molar-refractivity contribution in [2.75, 3.05) is 25.6 Å². The van der Waals surface area contributed by atoms with Crippen molar-refractivity contribution in [3.8, 4) is 5.75 Å². The topological polar surface area (TPSA) is 47.6 Å². The Kier molecular flexibility index (Phi) is 6.13. The van der Waals surface area contributed by atoms with E-state index in [0.29, 0.717) is 34.5 Å². The van der Waals surface area contributed by atoms with E-state index >= 15 is 0 Å². The Morgan fingerprint density at radius 1 is 1.17 bits per heavy atom. The number of hydrogen-bond donors (Lipinski definition) is 1. The molecule has 0 unspecified atom stereocenters. The largest absolute Gasteiger partial charge is 0.492 e. The van der Waals surface area contributed by atoms with Crippen LogP contribution in [0.4, 0.5) is 5.69 Å². The fraction of sp³-hybridized carbons (Fsp3) is 0.235. The highest BCUT2D eigenvalue weighted by molar-refractivity contribution is 6.34. The summed E-state index contributed by atoms with van der Waals surface area (Å²) in [7, 11) is 1.36. The SMILES string of the molecule is COC(=O)c1cccc(C)c1NCCOc1cc(Cl)cc(Cl)c1. The fourth-order valence-electron chi connectivity index (χ4n) is 2.14. The number of rotatable bonds is 6. The quantitative estimate of drug-likeness (QED) is 0.609. The van der Waals surface area contributed by atoms with Gasteiger partial charge in [0.2, 0.25) is 0 Å². The third-order valence-corrected chi connectivity index (χ3v) is 3.62. The fourth-order valence-corrected chi connectivity index (χ4v) is 2.65. The van der Waals surface area contributed by atoms with Gasteiger partial charge < -0.3 is 14.8 Å². The first-order valence-electron chi connectivity index (χ1n) is 7.02. The zero-order valence-corrected chi connectivity index (χ0v) is 14.4. The highest BCUT2D eigenvalue weighted by atomic mass is 35.5. The molecule has 2 aromatic rings. The summed E-state index contributed by atoms with van der Waals surface area (Å²) in [4.78, 5) is 11.8. The van der Waals surface area contributed by atoms with Crippen LogP contribution in [0, 0.1) is 6.92 Å². The molecule has 0 saturated carbocycles. The summed E-state index contributed by atoms with van der Waals surface area (Å²) < 4.78 is 10.4. The van der Waals surface area contributed by atoms with E-state index < -0.39 is 0 Å². The lowest BCUT2D eigenvalue weighted by molar-refractivity contribution is 0.0601. The van der Waals surface area contributed by atoms with Gasteiger partial charge in [0.25, 0.3) is 0 Å². The summed E-state index contributed by atoms with van der Waals surface area (Å²) >= 11 is 11.8. The maximum Gasteiger partial charge on any atom is 0.339 e. The molecule has 4 nitrogen and oxygen atoms in total. The first-order valence-corrected chi connectivity index (χ1v) is 7.77. The van der Waals surface area contributed by atoms with Crippen LogP contribution in [0.5, 0.6) is 5.75 Å². The molecule has 0 aromatic heterocycles. The van der Waals surface area contributed by atoms with E-state index in [2.05, 4.69) is 5.32 Å². The number of aryl methyl sites for hydroxylation is 1. The van der Waals surface area contributed by atoms with Gasteiger partial charge in [0.15, 0.2) is 0 Å². The van der Waals surface area contributed by atoms with Crippen molar-refractivity contribution in [2.24, 2.45) is 0 Å². The van der Waals surface area contributed by atoms with E-state index in [4.69, 9.17) is 32.7 Å². The van der Waals surface area contributed by atoms with Gasteiger partial charge in [0, 0.05) is 16.6 Å². The van der Waals surface area contributed by atoms with Crippen LogP contribution >= 0.6 is 23.2 Å². The van der Waals surface area contributed by atoms with Gasteiger partial charge in [-0.15, -0.1) is 0 Å². The lowest BCUT2D eigenvalue weighted by atomic mass is 10.1. The molecule has 0 aliphatic rings. The van der Waals surface area contributed by atoms with Crippen LogP contribution < -0.4 is 10.1 Å². The monoisotopic (exact) mass is 353 g/mol. The Morgan fingerprint density at radius 3 is 2.52 bits per heavy atom. The maximum absolute atomic E-state index is 11.8. The molecule has 0 amide bonds. The van der Waals surface area contributed by atoms with E-state index in [1.165, 1.54) is 7.11 Å². The second-order valence-corrected chi connectivity index (χ2v) is 5.74. The van der Waals surface area contributed by atoms with Crippen LogP contribution in [0.1, 0.15) is 15.9 Å². The molecule has 0 atom stereocenters. The van der Waals surface area contributed by atoms with E-state index in [9.17, 15) is 4.79 Å². The smallest absolute Gasteiger partial charge is 0.339 e. The third kappa shape index (κ3) is 4.78. The molecule has 0 radical (unpaired) electrons. The molecule has 6 heteroatoms. The van der Waals surface area contributed by atoms with Gasteiger partial charge >= 0.3 is 5.97 Å². The number of nitrogens with one attached hydrogen (secondary N) is 1. The van der Waals surface area contributed by atoms with E-state index in [1.807, 2.05) is 19.1 Å². The highest BCUT2D eigenvalue weighted by Gasteiger charge is 2.13. The summed E-state index contributed by atoms with van der Waals surface area (Å²) in [5.74, 6) is 0.223. The van der Waals surface area contributed by atoms with Crippen LogP contribution in [0.2, 0.25) is 10.0 Å². The molecular formula is C17H17Cl2NO3. The number of para-hydroxylation sites is 1. The van der Waals surface area contributed by atoms with E-state index in [1.54, 1.807) is 24.3 Å². The summed E-state index contributed by atoms with van der Waals surface area (Å²) in [6.07, 6.45) is 0. The molecule has 0 heterocycles. The molecule has 1 N–H and O–H groups in total. The van der Waals surface area contributed by atoms with Crippen molar-refractivity contribution in [3.63, 3.8) is 0 Å². The molecule has 0 aliphatic heterocycles. The van der Waals surface area contributed by atoms with E-state index in [-0.39, 0.29) is 5.97 Å². The number of esters is 1. The predicted octanol–water partition coefficient (Wildman–Crippen LogP) is 4.58. The molecule has 23 heavy (non-hydrogen) atoms. The Bertz CT molecular complexity index is 684. The van der Waals surface area contributed by atoms with Gasteiger partial charge in [0.05, 0.1) is 18.4 Å². The standard InChI is InChI=1S/C17H17Cl2NO3/c1-11-4-3-5-15(17(21)22-2)16(11)20-6-7-23-14-9-12(18)8-13(19)10-14/h3-5,8-10,20H,6-7H2,1-2H3. The average molecular weight is 354 g/mol. The Hall–Kier alpha value is -1.91. The van der Waals surface area contributed by atoms with Gasteiger partial charge in [-0.05, 0) is 36.8 Å². The summed E-state index contributed by atoms with van der Waals surface area (Å²) in [6, 6.07) is 10.5. The van der Waals surface area contributed by atoms with Gasteiger partial charge in [-0.1, -0.05) is 35.3 Å². The summed E-state index contributed by atoms with van der Waals surface area (Å²) in [6.45, 7) is 2.83. The van der Waals surface area contributed by atoms with Crippen molar-refractivity contribution in [1.82, 2.24) is 0 Å². The number of halogens is 2. The van der Waals surface area contributed by atoms with Crippen LogP contribution in [-0.4, -0.2) is 26.2 Å². The second-order valence-electron chi connectivity index (χ2n) is 4.87. The second kappa shape index (κ2) is 8.09. The minimum atomic E-state index is -0.376. The molecule has 0 saturated heterocycles. The van der Waals surface area contributed by atoms with Crippen molar-refractivity contribution < 1.29 is 14.3 Å². The highest BCUT2D eigenvalue weighted by Crippen LogP contribution is 2.24. The summed E-state index contributed by atoms with van der Waals surface area (Å²) in [5, 5.41) is 4.25. The van der Waals surface area contributed by atoms with Gasteiger partial charge in [-0.3, -0.25) is 0 Å². The van der Waals surface area contributed by atoms with Crippen molar-refractivity contribution in [3.05, 3.63) is 57.6 Å². The number of benzene rings is 2. The van der Waals surface area contributed by atoms with Crippen molar-refractivity contribution in [1.29, 1.82) is 0 Å². The van der Waals surface area contributed by atoms with E-state index in [0.717, 1.165) is 11.3 Å². The first-order chi connectivity index (χ1) is 11.0. The maximum atomic E-state index is 11.8. The Morgan fingerprint density at radius 2 is 1.87 bits per heavy atom. The Balaban J connectivity index is 1.97. The van der Waals surface area contributed by atoms with Gasteiger partial charge in [0.1, 0.15) is 12.4 Å². The molecule has 0 bridgehead atoms. The molecular weight excluding hydrogens is 337 g/mol. The van der Waals surface area contributed by atoms with Gasteiger partial charge in [-0.25, -0.2) is 4.79 Å². The normalized spacial score (nSPS) is 10.3. The lowest BCUT2D eigenvalue weighted by Crippen LogP contribution is -2.15. The third-order valence-electron chi connectivity index (χ3n) is 3.19. The average Bonchev–Trinajstić information content (AvgIpc) is 2.51. The number of ether oxygens (including phenoxy) is 2. The van der Waals surface area contributed by atoms with Crippen molar-refractivity contribution in [2.45, 2.75) is 6.92 Å². The molecule has 0 fully saturated rings. The molecule has 2 rings (SSSR count). The van der Waals surface area contributed by atoms with Crippen LogP contribution in [0.3, 0.4) is 0 Å². The number of hydrogen-bond acceptors (Lipinski definition) is 4. The van der Waals surface area contributed by atoms with Gasteiger partial charge in [-0.2, -0.15) is 0 Å². The van der Waals surface area contributed by atoms with Crippen LogP contribution in [0.15, 0.2) is 36.4 Å². The number of methoxy groups -OCH3 is 1. The molecule has 0 spiro atoms. The van der Waals surface area contributed by atoms with Crippen LogP contribution in [0.25, 0.3) is 0 Å². The van der Waals surface area contributed by atoms with Crippen molar-refractivity contribution >= 4 is 34.9 Å². The zero-order chi connectivity index (χ0) is 16.8. The number of carbonyl (C=O) groups excluding carboxylic acids is 1. The zero-order valence-electron chi connectivity index (χ0n) is 12.9. The molecule has 0 aliphatic carbocycles. The number of anilines is 1. The van der Waals surface area contributed by atoms with Crippen LogP contribution in [-0.2, 0) is 4.74 Å². The minimum absolute atomic E-state index is 0.376. The lowest BCUT2D eigenvalue weighted by Gasteiger charge is -2.14. The molecule has 2 aromatic carbocycles. The first kappa shape index (κ1) is 17.4. The number of carbonyl (C=O) groups is 1. The minimum Gasteiger partial charge on any atom is -0.492 e. The molecule has 122 valence electrons. The Labute approximate surface area is 145 Å². The summed E-state index contributed by atoms with van der Waals surface area (Å²) in [5.41, 5.74) is 2.20.